The molecule has 0 bridgehead atoms. The molecule has 0 heterocycles. The number of ether oxygens (including phenoxy) is 2. The highest BCUT2D eigenvalue weighted by molar-refractivity contribution is 9.10. The van der Waals surface area contributed by atoms with Crippen molar-refractivity contribution in [3.8, 4) is 11.5 Å². The van der Waals surface area contributed by atoms with E-state index >= 15 is 0 Å². The highest BCUT2D eigenvalue weighted by atomic mass is 79.9. The highest BCUT2D eigenvalue weighted by Crippen LogP contribution is 2.30. The van der Waals surface area contributed by atoms with Gasteiger partial charge >= 0.3 is 0 Å². The lowest BCUT2D eigenvalue weighted by molar-refractivity contribution is 0.215. The smallest absolute Gasteiger partial charge is 0.138 e. The molecule has 5 heteroatoms. The molecule has 0 saturated carbocycles. The Labute approximate surface area is 140 Å². The molecule has 0 atom stereocenters. The molecule has 2 aromatic carbocycles. The maximum atomic E-state index is 5.89. The SMILES string of the molecule is ClCc1cccc(Br)c1OCCOc1ccc(Br)cc1. The summed E-state index contributed by atoms with van der Waals surface area (Å²) in [6.07, 6.45) is 0. The molecule has 0 unspecified atom stereocenters. The van der Waals surface area contributed by atoms with Crippen molar-refractivity contribution in [3.05, 3.63) is 57.0 Å². The van der Waals surface area contributed by atoms with E-state index in [1.54, 1.807) is 0 Å². The average Bonchev–Trinajstić information content (AvgIpc) is 2.46. The average molecular weight is 421 g/mol. The minimum Gasteiger partial charge on any atom is -0.490 e. The van der Waals surface area contributed by atoms with E-state index in [-0.39, 0.29) is 0 Å². The Balaban J connectivity index is 1.86. The summed E-state index contributed by atoms with van der Waals surface area (Å²) in [5, 5.41) is 0. The lowest BCUT2D eigenvalue weighted by Crippen LogP contribution is -2.10. The van der Waals surface area contributed by atoms with Crippen LogP contribution < -0.4 is 9.47 Å². The fourth-order valence-electron chi connectivity index (χ4n) is 1.65. The third-order valence-electron chi connectivity index (χ3n) is 2.60. The van der Waals surface area contributed by atoms with Gasteiger partial charge in [-0.1, -0.05) is 28.1 Å². The lowest BCUT2D eigenvalue weighted by Gasteiger charge is -2.12. The molecule has 106 valence electrons. The quantitative estimate of drug-likeness (QED) is 0.460. The summed E-state index contributed by atoms with van der Waals surface area (Å²) >= 11 is 12.7. The Morgan fingerprint density at radius 3 is 2.30 bits per heavy atom. The molecule has 0 aromatic heterocycles. The minimum atomic E-state index is 0.419. The molecule has 0 amide bonds. The van der Waals surface area contributed by atoms with Crippen LogP contribution in [0.15, 0.2) is 51.4 Å². The standard InChI is InChI=1S/C15H13Br2ClO2/c16-12-4-6-13(7-5-12)19-8-9-20-15-11(10-18)2-1-3-14(15)17/h1-7H,8-10H2. The van der Waals surface area contributed by atoms with Crippen molar-refractivity contribution in [2.24, 2.45) is 0 Å². The summed E-state index contributed by atoms with van der Waals surface area (Å²) < 4.78 is 13.3. The lowest BCUT2D eigenvalue weighted by atomic mass is 10.2. The van der Waals surface area contributed by atoms with Gasteiger partial charge in [0.1, 0.15) is 24.7 Å². The van der Waals surface area contributed by atoms with Crippen LogP contribution in [0.25, 0.3) is 0 Å². The van der Waals surface area contributed by atoms with E-state index in [0.717, 1.165) is 26.0 Å². The van der Waals surface area contributed by atoms with Gasteiger partial charge in [0.05, 0.1) is 10.4 Å². The van der Waals surface area contributed by atoms with Crippen LogP contribution in [0.2, 0.25) is 0 Å². The van der Waals surface area contributed by atoms with Gasteiger partial charge in [-0.3, -0.25) is 0 Å². The molecule has 0 aliphatic carbocycles. The first-order chi connectivity index (χ1) is 9.70. The molecule has 0 spiro atoms. The third-order valence-corrected chi connectivity index (χ3v) is 4.05. The zero-order valence-electron chi connectivity index (χ0n) is 10.6. The summed E-state index contributed by atoms with van der Waals surface area (Å²) in [7, 11) is 0. The summed E-state index contributed by atoms with van der Waals surface area (Å²) in [5.41, 5.74) is 0.963. The first-order valence-corrected chi connectivity index (χ1v) is 8.17. The van der Waals surface area contributed by atoms with E-state index < -0.39 is 0 Å². The maximum Gasteiger partial charge on any atom is 0.138 e. The van der Waals surface area contributed by atoms with Gasteiger partial charge in [0.25, 0.3) is 0 Å². The number of benzene rings is 2. The van der Waals surface area contributed by atoms with E-state index in [0.29, 0.717) is 19.1 Å². The zero-order valence-corrected chi connectivity index (χ0v) is 14.5. The van der Waals surface area contributed by atoms with Gasteiger partial charge in [-0.05, 0) is 46.3 Å². The van der Waals surface area contributed by atoms with Crippen LogP contribution in [0.5, 0.6) is 11.5 Å². The van der Waals surface area contributed by atoms with Crippen LogP contribution in [0.4, 0.5) is 0 Å². The molecule has 2 nitrogen and oxygen atoms in total. The molecule has 20 heavy (non-hydrogen) atoms. The van der Waals surface area contributed by atoms with Gasteiger partial charge in [0, 0.05) is 10.0 Å². The first-order valence-electron chi connectivity index (χ1n) is 6.05. The van der Waals surface area contributed by atoms with Crippen LogP contribution in [-0.2, 0) is 5.88 Å². The number of para-hydroxylation sites is 1. The first kappa shape index (κ1) is 15.7. The third kappa shape index (κ3) is 4.40. The van der Waals surface area contributed by atoms with Crippen LogP contribution in [0.1, 0.15) is 5.56 Å². The Morgan fingerprint density at radius 2 is 1.60 bits per heavy atom. The number of halogens is 3. The van der Waals surface area contributed by atoms with E-state index in [1.165, 1.54) is 0 Å². The van der Waals surface area contributed by atoms with E-state index in [2.05, 4.69) is 31.9 Å². The van der Waals surface area contributed by atoms with Gasteiger partial charge in [0.15, 0.2) is 0 Å². The predicted molar refractivity (Wildman–Crippen MR) is 88.8 cm³/mol. The number of alkyl halides is 1. The van der Waals surface area contributed by atoms with Gasteiger partial charge in [-0.25, -0.2) is 0 Å². The molecule has 2 aromatic rings. The fourth-order valence-corrected chi connectivity index (χ4v) is 2.65. The Kier molecular flexibility index (Phi) is 6.20. The Hall–Kier alpha value is -0.710. The van der Waals surface area contributed by atoms with Crippen molar-refractivity contribution in [1.29, 1.82) is 0 Å². The molecular formula is C15H13Br2ClO2. The topological polar surface area (TPSA) is 18.5 Å². The Morgan fingerprint density at radius 1 is 0.900 bits per heavy atom. The van der Waals surface area contributed by atoms with Crippen LogP contribution >= 0.6 is 43.5 Å². The Bertz CT molecular complexity index is 558. The van der Waals surface area contributed by atoms with Crippen LogP contribution in [-0.4, -0.2) is 13.2 Å². The van der Waals surface area contributed by atoms with Crippen molar-refractivity contribution in [1.82, 2.24) is 0 Å². The minimum absolute atomic E-state index is 0.419. The van der Waals surface area contributed by atoms with Crippen molar-refractivity contribution in [2.75, 3.05) is 13.2 Å². The van der Waals surface area contributed by atoms with Crippen LogP contribution in [0.3, 0.4) is 0 Å². The normalized spacial score (nSPS) is 10.3. The number of rotatable bonds is 6. The molecule has 2 rings (SSSR count). The molecule has 0 fully saturated rings. The van der Waals surface area contributed by atoms with Gasteiger partial charge in [-0.15, -0.1) is 11.6 Å². The van der Waals surface area contributed by atoms with Crippen molar-refractivity contribution in [2.45, 2.75) is 5.88 Å². The second-order valence-electron chi connectivity index (χ2n) is 4.01. The van der Waals surface area contributed by atoms with Gasteiger partial charge in [0.2, 0.25) is 0 Å². The molecular weight excluding hydrogens is 407 g/mol. The van der Waals surface area contributed by atoms with Crippen LogP contribution in [0, 0.1) is 0 Å². The largest absolute Gasteiger partial charge is 0.490 e. The number of hydrogen-bond donors (Lipinski definition) is 0. The summed E-state index contributed by atoms with van der Waals surface area (Å²) in [6.45, 7) is 0.938. The predicted octanol–water partition coefficient (Wildman–Crippen LogP) is 5.41. The van der Waals surface area contributed by atoms with Gasteiger partial charge < -0.3 is 9.47 Å². The van der Waals surface area contributed by atoms with Crippen molar-refractivity contribution < 1.29 is 9.47 Å². The fraction of sp³-hybridized carbons (Fsp3) is 0.200. The molecule has 0 N–H and O–H groups in total. The summed E-state index contributed by atoms with van der Waals surface area (Å²) in [6, 6.07) is 13.5. The molecule has 0 saturated heterocycles. The molecule has 0 aliphatic heterocycles. The summed E-state index contributed by atoms with van der Waals surface area (Å²) in [4.78, 5) is 0. The van der Waals surface area contributed by atoms with E-state index in [1.807, 2.05) is 42.5 Å². The second-order valence-corrected chi connectivity index (χ2v) is 6.05. The van der Waals surface area contributed by atoms with Crippen molar-refractivity contribution in [3.63, 3.8) is 0 Å². The van der Waals surface area contributed by atoms with Gasteiger partial charge in [-0.2, -0.15) is 0 Å². The second kappa shape index (κ2) is 7.91. The monoisotopic (exact) mass is 418 g/mol. The van der Waals surface area contributed by atoms with Crippen molar-refractivity contribution >= 4 is 43.5 Å². The molecule has 0 aliphatic rings. The maximum absolute atomic E-state index is 5.89. The highest BCUT2D eigenvalue weighted by Gasteiger charge is 2.07. The van der Waals surface area contributed by atoms with E-state index in [9.17, 15) is 0 Å². The van der Waals surface area contributed by atoms with E-state index in [4.69, 9.17) is 21.1 Å². The number of hydrogen-bond acceptors (Lipinski definition) is 2. The zero-order chi connectivity index (χ0) is 14.4. The molecule has 0 radical (unpaired) electrons. The summed E-state index contributed by atoms with van der Waals surface area (Å²) in [5.74, 6) is 2.02.